The van der Waals surface area contributed by atoms with E-state index in [1.54, 1.807) is 36.7 Å². The number of carbonyl (C=O) groups is 1. The van der Waals surface area contributed by atoms with Gasteiger partial charge in [-0.25, -0.2) is 0 Å². The summed E-state index contributed by atoms with van der Waals surface area (Å²) in [6, 6.07) is 15.4. The van der Waals surface area contributed by atoms with Gasteiger partial charge in [-0.2, -0.15) is 15.1 Å². The molecule has 0 fully saturated rings. The molecule has 2 aliphatic heterocycles. The van der Waals surface area contributed by atoms with Crippen LogP contribution >= 0.6 is 23.1 Å². The fourth-order valence-electron chi connectivity index (χ4n) is 3.99. The first-order valence-corrected chi connectivity index (χ1v) is 13.7. The van der Waals surface area contributed by atoms with E-state index in [0.29, 0.717) is 41.9 Å². The summed E-state index contributed by atoms with van der Waals surface area (Å²) in [5.74, 6) is 1.56. The van der Waals surface area contributed by atoms with Gasteiger partial charge in [0.1, 0.15) is 10.8 Å². The van der Waals surface area contributed by atoms with Gasteiger partial charge in [0.2, 0.25) is 5.17 Å². The highest BCUT2D eigenvalue weighted by Gasteiger charge is 2.36. The number of amidine groups is 2. The molecule has 8 nitrogen and oxygen atoms in total. The van der Waals surface area contributed by atoms with Gasteiger partial charge in [-0.15, -0.1) is 11.3 Å². The second-order valence-electron chi connectivity index (χ2n) is 8.58. The lowest BCUT2D eigenvalue weighted by Crippen LogP contribution is -2.35. The summed E-state index contributed by atoms with van der Waals surface area (Å²) in [7, 11) is 1.57. The summed E-state index contributed by atoms with van der Waals surface area (Å²) < 4.78 is 17.4. The Labute approximate surface area is 229 Å². The summed E-state index contributed by atoms with van der Waals surface area (Å²) in [5.41, 5.74) is 3.07. The Kier molecular flexibility index (Phi) is 7.62. The molecule has 1 amide bonds. The first-order valence-electron chi connectivity index (χ1n) is 12.0. The standard InChI is InChI=1S/C28H26N4O4S2/c1-17-7-4-8-18(2)24(17)36-13-6-12-35-21-11-10-19(16-22(21)34-3)15-20-25(29)32-28(30-26(20)33)38-27(31-32)23-9-5-14-37-23/h4-5,7-11,14-16,29H,6,12-13H2,1-3H3. The third kappa shape index (κ3) is 5.36. The number of nitrogens with one attached hydrogen (secondary N) is 1. The molecular weight excluding hydrogens is 520 g/mol. The number of rotatable bonds is 9. The molecule has 5 rings (SSSR count). The number of aliphatic imine (C=N–C) groups is 1. The van der Waals surface area contributed by atoms with Crippen molar-refractivity contribution in [3.63, 3.8) is 0 Å². The van der Waals surface area contributed by atoms with Crippen LogP contribution in [-0.2, 0) is 4.79 Å². The number of hydrazone groups is 1. The number of fused-ring (bicyclic) bond motifs is 1. The molecule has 1 aromatic heterocycles. The number of aryl methyl sites for hydroxylation is 2. The van der Waals surface area contributed by atoms with E-state index in [1.165, 1.54) is 16.8 Å². The van der Waals surface area contributed by atoms with E-state index in [0.717, 1.165) is 26.8 Å². The zero-order valence-corrected chi connectivity index (χ0v) is 22.8. The van der Waals surface area contributed by atoms with Crippen LogP contribution in [0.5, 0.6) is 17.2 Å². The molecule has 0 unspecified atom stereocenters. The number of hydrogen-bond donors (Lipinski definition) is 1. The predicted molar refractivity (Wildman–Crippen MR) is 153 cm³/mol. The van der Waals surface area contributed by atoms with Crippen molar-refractivity contribution in [1.82, 2.24) is 5.01 Å². The zero-order chi connectivity index (χ0) is 26.6. The third-order valence-electron chi connectivity index (χ3n) is 5.89. The van der Waals surface area contributed by atoms with Crippen molar-refractivity contribution in [2.45, 2.75) is 20.3 Å². The van der Waals surface area contributed by atoms with E-state index in [2.05, 4.69) is 10.1 Å². The number of benzene rings is 2. The molecule has 3 aromatic rings. The van der Waals surface area contributed by atoms with E-state index < -0.39 is 5.91 Å². The normalized spacial score (nSPS) is 15.9. The van der Waals surface area contributed by atoms with Crippen molar-refractivity contribution in [2.75, 3.05) is 20.3 Å². The summed E-state index contributed by atoms with van der Waals surface area (Å²) in [6.07, 6.45) is 2.33. The molecule has 0 saturated carbocycles. The Morgan fingerprint density at radius 2 is 1.82 bits per heavy atom. The van der Waals surface area contributed by atoms with Crippen molar-refractivity contribution < 1.29 is 19.0 Å². The van der Waals surface area contributed by atoms with Crippen LogP contribution in [0.3, 0.4) is 0 Å². The SMILES string of the molecule is COc1cc(C=C2C(=N)N3N=C(c4cccs4)SC3=NC2=O)ccc1OCCCOc1c(C)cccc1C. The minimum atomic E-state index is -0.473. The number of methoxy groups -OCH3 is 1. The molecule has 2 aliphatic rings. The van der Waals surface area contributed by atoms with E-state index in [9.17, 15) is 4.79 Å². The zero-order valence-electron chi connectivity index (χ0n) is 21.2. The monoisotopic (exact) mass is 546 g/mol. The van der Waals surface area contributed by atoms with Gasteiger partial charge in [-0.05, 0) is 72.0 Å². The Bertz CT molecular complexity index is 1460. The first kappa shape index (κ1) is 25.7. The maximum Gasteiger partial charge on any atom is 0.283 e. The maximum absolute atomic E-state index is 12.8. The molecule has 1 N–H and O–H groups in total. The van der Waals surface area contributed by atoms with Crippen molar-refractivity contribution in [3.8, 4) is 17.2 Å². The topological polar surface area (TPSA) is 96.6 Å². The lowest BCUT2D eigenvalue weighted by Gasteiger charge is -2.20. The molecule has 194 valence electrons. The van der Waals surface area contributed by atoms with Crippen LogP contribution in [0.25, 0.3) is 6.08 Å². The lowest BCUT2D eigenvalue weighted by atomic mass is 10.1. The van der Waals surface area contributed by atoms with E-state index >= 15 is 0 Å². The second-order valence-corrected chi connectivity index (χ2v) is 10.5. The Balaban J connectivity index is 1.24. The minimum absolute atomic E-state index is 0.0118. The molecule has 2 aromatic carbocycles. The average Bonchev–Trinajstić information content (AvgIpc) is 3.59. The van der Waals surface area contributed by atoms with E-state index in [1.807, 2.05) is 55.6 Å². The van der Waals surface area contributed by atoms with Gasteiger partial charge in [0.05, 0.1) is 30.8 Å². The predicted octanol–water partition coefficient (Wildman–Crippen LogP) is 5.89. The summed E-state index contributed by atoms with van der Waals surface area (Å²) >= 11 is 2.84. The van der Waals surface area contributed by atoms with Gasteiger partial charge in [0, 0.05) is 6.42 Å². The van der Waals surface area contributed by atoms with Crippen LogP contribution in [0.2, 0.25) is 0 Å². The molecule has 0 spiro atoms. The Morgan fingerprint density at radius 1 is 1.03 bits per heavy atom. The second kappa shape index (κ2) is 11.2. The van der Waals surface area contributed by atoms with Crippen molar-refractivity contribution in [1.29, 1.82) is 5.41 Å². The van der Waals surface area contributed by atoms with Crippen LogP contribution in [0.1, 0.15) is 28.0 Å². The fraction of sp³-hybridized carbons (Fsp3) is 0.214. The molecule has 10 heteroatoms. The van der Waals surface area contributed by atoms with Gasteiger partial charge in [0.25, 0.3) is 5.91 Å². The number of thiophene rings is 1. The van der Waals surface area contributed by atoms with Crippen molar-refractivity contribution in [3.05, 3.63) is 81.1 Å². The molecule has 0 atom stereocenters. The summed E-state index contributed by atoms with van der Waals surface area (Å²) in [6.45, 7) is 5.07. The fourth-order valence-corrected chi connectivity index (χ4v) is 5.68. The average molecular weight is 547 g/mol. The van der Waals surface area contributed by atoms with Crippen LogP contribution in [0, 0.1) is 19.3 Å². The molecule has 0 radical (unpaired) electrons. The van der Waals surface area contributed by atoms with Gasteiger partial charge in [-0.3, -0.25) is 10.2 Å². The summed E-state index contributed by atoms with van der Waals surface area (Å²) in [5, 5.41) is 17.6. The number of nitrogens with zero attached hydrogens (tertiary/aromatic N) is 3. The van der Waals surface area contributed by atoms with Crippen LogP contribution in [0.15, 0.2) is 69.6 Å². The quantitative estimate of drug-likeness (QED) is 0.266. The Hall–Kier alpha value is -3.89. The molecule has 0 aliphatic carbocycles. The summed E-state index contributed by atoms with van der Waals surface area (Å²) in [4.78, 5) is 17.9. The van der Waals surface area contributed by atoms with Crippen LogP contribution < -0.4 is 14.2 Å². The highest BCUT2D eigenvalue weighted by molar-refractivity contribution is 8.27. The van der Waals surface area contributed by atoms with Crippen molar-refractivity contribution >= 4 is 51.1 Å². The lowest BCUT2D eigenvalue weighted by molar-refractivity contribution is -0.114. The number of para-hydroxylation sites is 1. The van der Waals surface area contributed by atoms with Gasteiger partial charge >= 0.3 is 0 Å². The van der Waals surface area contributed by atoms with Crippen molar-refractivity contribution in [2.24, 2.45) is 10.1 Å². The third-order valence-corrected chi connectivity index (χ3v) is 7.83. The Morgan fingerprint density at radius 3 is 2.55 bits per heavy atom. The van der Waals surface area contributed by atoms with Crippen LogP contribution in [-0.4, -0.2) is 47.3 Å². The number of ether oxygens (including phenoxy) is 3. The highest BCUT2D eigenvalue weighted by atomic mass is 32.2. The van der Waals surface area contributed by atoms with Gasteiger partial charge in [-0.1, -0.05) is 30.3 Å². The van der Waals surface area contributed by atoms with E-state index in [-0.39, 0.29) is 11.4 Å². The highest BCUT2D eigenvalue weighted by Crippen LogP contribution is 2.33. The molecule has 0 bridgehead atoms. The largest absolute Gasteiger partial charge is 0.493 e. The van der Waals surface area contributed by atoms with E-state index in [4.69, 9.17) is 19.6 Å². The number of amides is 1. The minimum Gasteiger partial charge on any atom is -0.493 e. The number of hydrogen-bond acceptors (Lipinski definition) is 8. The first-order chi connectivity index (χ1) is 18.4. The maximum atomic E-state index is 12.8. The molecular formula is C28H26N4O4S2. The molecule has 38 heavy (non-hydrogen) atoms. The van der Waals surface area contributed by atoms with Crippen LogP contribution in [0.4, 0.5) is 0 Å². The smallest absolute Gasteiger partial charge is 0.283 e. The number of carbonyl (C=O) groups excluding carboxylic acids is 1. The van der Waals surface area contributed by atoms with Gasteiger partial charge in [0.15, 0.2) is 17.3 Å². The number of thioether (sulfide) groups is 1. The molecule has 0 saturated heterocycles. The van der Waals surface area contributed by atoms with Gasteiger partial charge < -0.3 is 14.2 Å². The molecule has 3 heterocycles.